The first kappa shape index (κ1) is 13.3. The number of nitrogens with two attached hydrogens (primary N) is 1. The quantitative estimate of drug-likeness (QED) is 0.261. The molecule has 0 saturated heterocycles. The molecule has 0 bridgehead atoms. The van der Waals surface area contributed by atoms with Gasteiger partial charge in [0.15, 0.2) is 5.84 Å². The first-order chi connectivity index (χ1) is 8.13. The van der Waals surface area contributed by atoms with E-state index in [2.05, 4.69) is 24.0 Å². The minimum Gasteiger partial charge on any atom is -0.493 e. The molecule has 0 aliphatic heterocycles. The predicted octanol–water partition coefficient (Wildman–Crippen LogP) is 1.99. The van der Waals surface area contributed by atoms with Gasteiger partial charge in [-0.2, -0.15) is 0 Å². The molecule has 1 aromatic rings. The van der Waals surface area contributed by atoms with Crippen LogP contribution in [0, 0.1) is 5.92 Å². The summed E-state index contributed by atoms with van der Waals surface area (Å²) in [6.07, 6.45) is 3.72. The van der Waals surface area contributed by atoms with Crippen molar-refractivity contribution >= 4 is 5.84 Å². The molecule has 5 nitrogen and oxygen atoms in total. The second-order valence-corrected chi connectivity index (χ2v) is 4.25. The fourth-order valence-corrected chi connectivity index (χ4v) is 1.37. The van der Waals surface area contributed by atoms with Crippen LogP contribution in [0.3, 0.4) is 0 Å². The molecule has 17 heavy (non-hydrogen) atoms. The zero-order valence-corrected chi connectivity index (χ0v) is 10.3. The molecule has 94 valence electrons. The van der Waals surface area contributed by atoms with Crippen molar-refractivity contribution in [2.45, 2.75) is 26.7 Å². The van der Waals surface area contributed by atoms with Crippen LogP contribution >= 0.6 is 0 Å². The van der Waals surface area contributed by atoms with E-state index in [9.17, 15) is 0 Å². The molecule has 0 unspecified atom stereocenters. The topological polar surface area (TPSA) is 80.7 Å². The Balaban J connectivity index is 2.49. The van der Waals surface area contributed by atoms with Gasteiger partial charge in [-0.25, -0.2) is 0 Å². The van der Waals surface area contributed by atoms with Gasteiger partial charge in [-0.15, -0.1) is 0 Å². The molecule has 1 heterocycles. The van der Waals surface area contributed by atoms with Crippen LogP contribution in [0.2, 0.25) is 0 Å². The maximum atomic E-state index is 8.54. The van der Waals surface area contributed by atoms with E-state index in [-0.39, 0.29) is 5.84 Å². The van der Waals surface area contributed by atoms with Crippen LogP contribution in [0.15, 0.2) is 23.5 Å². The molecule has 0 atom stereocenters. The third-order valence-corrected chi connectivity index (χ3v) is 2.30. The lowest BCUT2D eigenvalue weighted by atomic mass is 10.1. The Hall–Kier alpha value is -1.78. The summed E-state index contributed by atoms with van der Waals surface area (Å²) in [5, 5.41) is 11.4. The third-order valence-electron chi connectivity index (χ3n) is 2.30. The zero-order valence-electron chi connectivity index (χ0n) is 10.3. The van der Waals surface area contributed by atoms with Gasteiger partial charge in [0.25, 0.3) is 0 Å². The molecule has 0 radical (unpaired) electrons. The zero-order chi connectivity index (χ0) is 12.7. The van der Waals surface area contributed by atoms with E-state index in [1.165, 1.54) is 0 Å². The molecule has 5 heteroatoms. The molecule has 0 aliphatic carbocycles. The van der Waals surface area contributed by atoms with Gasteiger partial charge in [0.05, 0.1) is 6.61 Å². The van der Waals surface area contributed by atoms with Crippen molar-refractivity contribution in [2.24, 2.45) is 16.8 Å². The van der Waals surface area contributed by atoms with Crippen molar-refractivity contribution < 1.29 is 9.94 Å². The number of oxime groups is 1. The average molecular weight is 237 g/mol. The summed E-state index contributed by atoms with van der Waals surface area (Å²) in [4.78, 5) is 3.97. The second-order valence-electron chi connectivity index (χ2n) is 4.25. The van der Waals surface area contributed by atoms with Crippen molar-refractivity contribution in [1.29, 1.82) is 0 Å². The molecule has 0 aliphatic rings. The van der Waals surface area contributed by atoms with Gasteiger partial charge in [0, 0.05) is 12.3 Å². The standard InChI is InChI=1S/C12H19N3O2/c1-9(2)4-3-7-17-10-5-6-14-11(8-10)12(13)15-16/h5-6,8-9,16H,3-4,7H2,1-2H3,(H2,13,15). The van der Waals surface area contributed by atoms with Crippen molar-refractivity contribution in [1.82, 2.24) is 4.98 Å². The first-order valence-corrected chi connectivity index (χ1v) is 5.70. The summed E-state index contributed by atoms with van der Waals surface area (Å²) in [5.74, 6) is 1.35. The van der Waals surface area contributed by atoms with Gasteiger partial charge >= 0.3 is 0 Å². The highest BCUT2D eigenvalue weighted by Gasteiger charge is 2.03. The summed E-state index contributed by atoms with van der Waals surface area (Å²) in [5.41, 5.74) is 5.85. The van der Waals surface area contributed by atoms with E-state index in [1.807, 2.05) is 0 Å². The summed E-state index contributed by atoms with van der Waals surface area (Å²) in [6.45, 7) is 5.03. The van der Waals surface area contributed by atoms with Crippen LogP contribution in [-0.2, 0) is 0 Å². The van der Waals surface area contributed by atoms with Crippen LogP contribution in [0.4, 0.5) is 0 Å². The number of amidine groups is 1. The molecule has 1 rings (SSSR count). The maximum Gasteiger partial charge on any atom is 0.188 e. The van der Waals surface area contributed by atoms with Gasteiger partial charge in [-0.05, 0) is 24.8 Å². The van der Waals surface area contributed by atoms with Gasteiger partial charge < -0.3 is 15.7 Å². The molecule has 0 amide bonds. The molecular formula is C12H19N3O2. The van der Waals surface area contributed by atoms with Crippen molar-refractivity contribution in [3.63, 3.8) is 0 Å². The normalized spacial score (nSPS) is 11.8. The Morgan fingerprint density at radius 1 is 1.59 bits per heavy atom. The number of pyridine rings is 1. The lowest BCUT2D eigenvalue weighted by Crippen LogP contribution is -2.15. The molecule has 1 aromatic heterocycles. The van der Waals surface area contributed by atoms with Crippen molar-refractivity contribution in [2.75, 3.05) is 6.61 Å². The van der Waals surface area contributed by atoms with E-state index in [4.69, 9.17) is 15.7 Å². The molecule has 0 aromatic carbocycles. The molecule has 3 N–H and O–H groups in total. The summed E-state index contributed by atoms with van der Waals surface area (Å²) in [6, 6.07) is 3.41. The average Bonchev–Trinajstić information content (AvgIpc) is 2.34. The first-order valence-electron chi connectivity index (χ1n) is 5.70. The minimum absolute atomic E-state index is 0.0161. The Morgan fingerprint density at radius 2 is 2.35 bits per heavy atom. The van der Waals surface area contributed by atoms with Crippen LogP contribution in [0.5, 0.6) is 5.75 Å². The van der Waals surface area contributed by atoms with Gasteiger partial charge in [-0.3, -0.25) is 4.98 Å². The number of hydrogen-bond acceptors (Lipinski definition) is 4. The lowest BCUT2D eigenvalue weighted by Gasteiger charge is -2.08. The van der Waals surface area contributed by atoms with Gasteiger partial charge in [-0.1, -0.05) is 19.0 Å². The SMILES string of the molecule is CC(C)CCCOc1ccnc(C(N)=NO)c1. The fraction of sp³-hybridized carbons (Fsp3) is 0.500. The number of aromatic nitrogens is 1. The van der Waals surface area contributed by atoms with Crippen molar-refractivity contribution in [3.05, 3.63) is 24.0 Å². The van der Waals surface area contributed by atoms with Gasteiger partial charge in [0.1, 0.15) is 11.4 Å². The number of rotatable bonds is 6. The highest BCUT2D eigenvalue weighted by atomic mass is 16.5. The van der Waals surface area contributed by atoms with Crippen LogP contribution in [0.25, 0.3) is 0 Å². The summed E-state index contributed by atoms with van der Waals surface area (Å²) >= 11 is 0. The molecule has 0 fully saturated rings. The van der Waals surface area contributed by atoms with Gasteiger partial charge in [0.2, 0.25) is 0 Å². The number of ether oxygens (including phenoxy) is 1. The van der Waals surface area contributed by atoms with Crippen molar-refractivity contribution in [3.8, 4) is 5.75 Å². The number of nitrogens with zero attached hydrogens (tertiary/aromatic N) is 2. The summed E-state index contributed by atoms with van der Waals surface area (Å²) < 4.78 is 5.56. The highest BCUT2D eigenvalue weighted by Crippen LogP contribution is 2.12. The Kier molecular flexibility index (Phi) is 5.26. The minimum atomic E-state index is -0.0161. The van der Waals surface area contributed by atoms with E-state index >= 15 is 0 Å². The monoisotopic (exact) mass is 237 g/mol. The smallest absolute Gasteiger partial charge is 0.188 e. The fourth-order valence-electron chi connectivity index (χ4n) is 1.37. The van der Waals surface area contributed by atoms with E-state index in [1.54, 1.807) is 18.3 Å². The number of hydrogen-bond donors (Lipinski definition) is 2. The lowest BCUT2D eigenvalue weighted by molar-refractivity contribution is 0.297. The Labute approximate surface area is 101 Å². The van der Waals surface area contributed by atoms with Crippen LogP contribution in [-0.4, -0.2) is 22.6 Å². The highest BCUT2D eigenvalue weighted by molar-refractivity contribution is 5.95. The largest absolute Gasteiger partial charge is 0.493 e. The molecule has 0 saturated carbocycles. The summed E-state index contributed by atoms with van der Waals surface area (Å²) in [7, 11) is 0. The molecular weight excluding hydrogens is 218 g/mol. The Morgan fingerprint density at radius 3 is 3.00 bits per heavy atom. The predicted molar refractivity (Wildman–Crippen MR) is 66.3 cm³/mol. The van der Waals surface area contributed by atoms with E-state index in [0.717, 1.165) is 12.8 Å². The van der Waals surface area contributed by atoms with E-state index in [0.29, 0.717) is 24.0 Å². The van der Waals surface area contributed by atoms with E-state index < -0.39 is 0 Å². The Bertz CT molecular complexity index is 378. The second kappa shape index (κ2) is 6.73. The van der Waals surface area contributed by atoms with Crippen LogP contribution < -0.4 is 10.5 Å². The molecule has 0 spiro atoms. The third kappa shape index (κ3) is 4.72. The maximum absolute atomic E-state index is 8.54. The van der Waals surface area contributed by atoms with Crippen LogP contribution in [0.1, 0.15) is 32.4 Å².